The molecule has 1 amide bonds. The standard InChI is InChI=1S/C11H18N2O/c1-3-5-9(8-12)11(14)13(4-2)10-6-7-10/h9-10H,3-7H2,1-2H3. The van der Waals surface area contributed by atoms with E-state index < -0.39 is 5.92 Å². The maximum Gasteiger partial charge on any atom is 0.240 e. The van der Waals surface area contributed by atoms with Crippen molar-refractivity contribution in [2.45, 2.75) is 45.6 Å². The van der Waals surface area contributed by atoms with Gasteiger partial charge in [0.2, 0.25) is 5.91 Å². The SMILES string of the molecule is CCCC(C#N)C(=O)N(CC)C1CC1. The van der Waals surface area contributed by atoms with Gasteiger partial charge in [-0.05, 0) is 26.2 Å². The van der Waals surface area contributed by atoms with Gasteiger partial charge in [0.25, 0.3) is 0 Å². The number of carbonyl (C=O) groups excluding carboxylic acids is 1. The topological polar surface area (TPSA) is 44.1 Å². The van der Waals surface area contributed by atoms with E-state index in [4.69, 9.17) is 5.26 Å². The smallest absolute Gasteiger partial charge is 0.240 e. The van der Waals surface area contributed by atoms with Crippen molar-refractivity contribution in [3.05, 3.63) is 0 Å². The van der Waals surface area contributed by atoms with E-state index in [1.807, 2.05) is 18.7 Å². The van der Waals surface area contributed by atoms with Gasteiger partial charge in [-0.25, -0.2) is 0 Å². The zero-order valence-corrected chi connectivity index (χ0v) is 8.99. The van der Waals surface area contributed by atoms with Crippen LogP contribution in [0.5, 0.6) is 0 Å². The summed E-state index contributed by atoms with van der Waals surface area (Å²) >= 11 is 0. The van der Waals surface area contributed by atoms with Gasteiger partial charge in [0.1, 0.15) is 5.92 Å². The van der Waals surface area contributed by atoms with Crippen LogP contribution >= 0.6 is 0 Å². The lowest BCUT2D eigenvalue weighted by molar-refractivity contribution is -0.134. The molecule has 0 heterocycles. The molecule has 0 aromatic carbocycles. The normalized spacial score (nSPS) is 17.2. The third-order valence-corrected chi connectivity index (χ3v) is 2.64. The second-order valence-corrected chi connectivity index (χ2v) is 3.83. The molecule has 0 aliphatic heterocycles. The third-order valence-electron chi connectivity index (χ3n) is 2.64. The number of nitriles is 1. The molecule has 0 spiro atoms. The molecule has 3 heteroatoms. The maximum atomic E-state index is 11.9. The average molecular weight is 194 g/mol. The Kier molecular flexibility index (Phi) is 3.94. The average Bonchev–Trinajstić information content (AvgIpc) is 2.99. The van der Waals surface area contributed by atoms with Gasteiger partial charge < -0.3 is 4.90 Å². The molecule has 0 aromatic heterocycles. The summed E-state index contributed by atoms with van der Waals surface area (Å²) in [5.41, 5.74) is 0. The van der Waals surface area contributed by atoms with Crippen LogP contribution in [0.25, 0.3) is 0 Å². The predicted molar refractivity (Wildman–Crippen MR) is 54.4 cm³/mol. The maximum absolute atomic E-state index is 11.9. The van der Waals surface area contributed by atoms with Crippen LogP contribution in [-0.2, 0) is 4.79 Å². The van der Waals surface area contributed by atoms with E-state index in [9.17, 15) is 4.79 Å². The molecule has 3 nitrogen and oxygen atoms in total. The van der Waals surface area contributed by atoms with E-state index in [1.165, 1.54) is 0 Å². The molecule has 1 rings (SSSR count). The van der Waals surface area contributed by atoms with Crippen LogP contribution in [0.4, 0.5) is 0 Å². The van der Waals surface area contributed by atoms with Gasteiger partial charge in [-0.3, -0.25) is 4.79 Å². The minimum absolute atomic E-state index is 0.0411. The minimum atomic E-state index is -0.416. The van der Waals surface area contributed by atoms with Crippen molar-refractivity contribution < 1.29 is 4.79 Å². The first-order valence-electron chi connectivity index (χ1n) is 5.44. The van der Waals surface area contributed by atoms with Crippen molar-refractivity contribution in [3.8, 4) is 6.07 Å². The van der Waals surface area contributed by atoms with Crippen LogP contribution in [0.1, 0.15) is 39.5 Å². The molecule has 0 N–H and O–H groups in total. The van der Waals surface area contributed by atoms with Gasteiger partial charge in [0, 0.05) is 12.6 Å². The zero-order chi connectivity index (χ0) is 10.6. The van der Waals surface area contributed by atoms with Gasteiger partial charge in [0.15, 0.2) is 0 Å². The highest BCUT2D eigenvalue weighted by Crippen LogP contribution is 2.28. The van der Waals surface area contributed by atoms with Crippen molar-refractivity contribution in [2.75, 3.05) is 6.54 Å². The summed E-state index contributed by atoms with van der Waals surface area (Å²) in [6.07, 6.45) is 3.82. The minimum Gasteiger partial charge on any atom is -0.339 e. The number of carbonyl (C=O) groups is 1. The first-order valence-corrected chi connectivity index (χ1v) is 5.44. The van der Waals surface area contributed by atoms with Crippen molar-refractivity contribution >= 4 is 5.91 Å². The third kappa shape index (κ3) is 2.47. The molecular weight excluding hydrogens is 176 g/mol. The van der Waals surface area contributed by atoms with E-state index in [0.29, 0.717) is 12.5 Å². The fourth-order valence-electron chi connectivity index (χ4n) is 1.71. The molecule has 0 aromatic rings. The van der Waals surface area contributed by atoms with Crippen molar-refractivity contribution in [2.24, 2.45) is 5.92 Å². The first-order chi connectivity index (χ1) is 6.74. The van der Waals surface area contributed by atoms with Gasteiger partial charge >= 0.3 is 0 Å². The molecule has 78 valence electrons. The second-order valence-electron chi connectivity index (χ2n) is 3.83. The van der Waals surface area contributed by atoms with Crippen LogP contribution in [0.2, 0.25) is 0 Å². The Morgan fingerprint density at radius 1 is 1.57 bits per heavy atom. The first kappa shape index (κ1) is 11.0. The van der Waals surface area contributed by atoms with Crippen molar-refractivity contribution in [1.82, 2.24) is 4.90 Å². The summed E-state index contributed by atoms with van der Waals surface area (Å²) in [4.78, 5) is 13.7. The lowest BCUT2D eigenvalue weighted by Crippen LogP contribution is -2.37. The van der Waals surface area contributed by atoms with E-state index in [0.717, 1.165) is 25.8 Å². The van der Waals surface area contributed by atoms with Crippen LogP contribution in [0.3, 0.4) is 0 Å². The Morgan fingerprint density at radius 3 is 2.57 bits per heavy atom. The lowest BCUT2D eigenvalue weighted by atomic mass is 10.0. The Bertz CT molecular complexity index is 240. The Labute approximate surface area is 85.7 Å². The summed E-state index contributed by atoms with van der Waals surface area (Å²) in [6.45, 7) is 4.73. The molecule has 1 fully saturated rings. The number of nitrogens with zero attached hydrogens (tertiary/aromatic N) is 2. The van der Waals surface area contributed by atoms with E-state index in [1.54, 1.807) is 0 Å². The van der Waals surface area contributed by atoms with E-state index >= 15 is 0 Å². The molecule has 1 atom stereocenters. The lowest BCUT2D eigenvalue weighted by Gasteiger charge is -2.22. The predicted octanol–water partition coefficient (Wildman–Crippen LogP) is 1.94. The van der Waals surface area contributed by atoms with Crippen LogP contribution < -0.4 is 0 Å². The molecule has 1 aliphatic rings. The highest BCUT2D eigenvalue weighted by atomic mass is 16.2. The molecule has 0 radical (unpaired) electrons. The highest BCUT2D eigenvalue weighted by Gasteiger charge is 2.34. The number of rotatable bonds is 5. The number of hydrogen-bond acceptors (Lipinski definition) is 2. The van der Waals surface area contributed by atoms with Gasteiger partial charge in [-0.15, -0.1) is 0 Å². The van der Waals surface area contributed by atoms with Gasteiger partial charge in [-0.1, -0.05) is 13.3 Å². The van der Waals surface area contributed by atoms with Gasteiger partial charge in [-0.2, -0.15) is 5.26 Å². The molecule has 1 unspecified atom stereocenters. The quantitative estimate of drug-likeness (QED) is 0.671. The Balaban J connectivity index is 2.55. The monoisotopic (exact) mass is 194 g/mol. The van der Waals surface area contributed by atoms with Crippen molar-refractivity contribution in [3.63, 3.8) is 0 Å². The van der Waals surface area contributed by atoms with Crippen LogP contribution in [0.15, 0.2) is 0 Å². The molecule has 0 bridgehead atoms. The zero-order valence-electron chi connectivity index (χ0n) is 8.99. The van der Waals surface area contributed by atoms with Crippen molar-refractivity contribution in [1.29, 1.82) is 5.26 Å². The molecule has 14 heavy (non-hydrogen) atoms. The molecule has 1 saturated carbocycles. The van der Waals surface area contributed by atoms with Crippen LogP contribution in [0, 0.1) is 17.2 Å². The summed E-state index contributed by atoms with van der Waals surface area (Å²) in [7, 11) is 0. The van der Waals surface area contributed by atoms with Gasteiger partial charge in [0.05, 0.1) is 6.07 Å². The van der Waals surface area contributed by atoms with E-state index in [-0.39, 0.29) is 5.91 Å². The molecular formula is C11H18N2O. The second kappa shape index (κ2) is 4.99. The Morgan fingerprint density at radius 2 is 2.21 bits per heavy atom. The van der Waals surface area contributed by atoms with Crippen LogP contribution in [-0.4, -0.2) is 23.4 Å². The summed E-state index contributed by atoms with van der Waals surface area (Å²) in [6, 6.07) is 2.54. The Hall–Kier alpha value is -1.04. The molecule has 0 saturated heterocycles. The molecule has 1 aliphatic carbocycles. The van der Waals surface area contributed by atoms with E-state index in [2.05, 4.69) is 6.07 Å². The fourth-order valence-corrected chi connectivity index (χ4v) is 1.71. The number of amides is 1. The highest BCUT2D eigenvalue weighted by molar-refractivity contribution is 5.81. The summed E-state index contributed by atoms with van der Waals surface area (Å²) in [5.74, 6) is -0.375. The largest absolute Gasteiger partial charge is 0.339 e. The number of hydrogen-bond donors (Lipinski definition) is 0. The fraction of sp³-hybridized carbons (Fsp3) is 0.818. The summed E-state index contributed by atoms with van der Waals surface area (Å²) < 4.78 is 0. The summed E-state index contributed by atoms with van der Waals surface area (Å²) in [5, 5.41) is 8.88.